The van der Waals surface area contributed by atoms with Gasteiger partial charge >= 0.3 is 11.9 Å². The maximum absolute atomic E-state index is 12.6. The largest absolute Gasteiger partial charge is 0.469 e. The first-order chi connectivity index (χ1) is 15.4. The molecule has 0 heterocycles. The van der Waals surface area contributed by atoms with E-state index in [0.29, 0.717) is 25.4 Å². The Morgan fingerprint density at radius 3 is 2.12 bits per heavy atom. The van der Waals surface area contributed by atoms with Gasteiger partial charge in [-0.3, -0.25) is 9.59 Å². The third kappa shape index (κ3) is 10.2. The molecule has 1 aromatic carbocycles. The lowest BCUT2D eigenvalue weighted by Gasteiger charge is -2.23. The third-order valence-electron chi connectivity index (χ3n) is 6.92. The molecule has 1 aromatic rings. The summed E-state index contributed by atoms with van der Waals surface area (Å²) >= 11 is 0. The van der Waals surface area contributed by atoms with Gasteiger partial charge < -0.3 is 9.47 Å². The van der Waals surface area contributed by atoms with E-state index in [4.69, 9.17) is 9.47 Å². The molecule has 0 aliphatic rings. The van der Waals surface area contributed by atoms with E-state index in [2.05, 4.69) is 39.8 Å². The van der Waals surface area contributed by atoms with Crippen LogP contribution in [0.15, 0.2) is 30.3 Å². The average molecular weight is 447 g/mol. The number of carbonyl (C=O) groups excluding carboxylic acids is 2. The number of carbonyl (C=O) groups is 2. The van der Waals surface area contributed by atoms with Crippen LogP contribution < -0.4 is 0 Å². The number of methoxy groups -OCH3 is 1. The van der Waals surface area contributed by atoms with E-state index in [1.165, 1.54) is 31.9 Å². The molecule has 5 atom stereocenters. The fourth-order valence-electron chi connectivity index (χ4n) is 4.50. The Balaban J connectivity index is 2.56. The monoisotopic (exact) mass is 446 g/mol. The maximum atomic E-state index is 12.6. The highest BCUT2D eigenvalue weighted by atomic mass is 16.5. The molecular weight excluding hydrogens is 400 g/mol. The first-order valence-electron chi connectivity index (χ1n) is 12.6. The van der Waals surface area contributed by atoms with E-state index in [0.717, 1.165) is 25.2 Å². The number of hydrogen-bond acceptors (Lipinski definition) is 4. The molecule has 0 spiro atoms. The molecule has 4 unspecified atom stereocenters. The van der Waals surface area contributed by atoms with Crippen molar-refractivity contribution in [3.05, 3.63) is 35.9 Å². The van der Waals surface area contributed by atoms with Crippen LogP contribution in [0.2, 0.25) is 0 Å². The Morgan fingerprint density at radius 2 is 1.56 bits per heavy atom. The van der Waals surface area contributed by atoms with E-state index in [1.807, 2.05) is 25.1 Å². The fourth-order valence-corrected chi connectivity index (χ4v) is 4.50. The number of esters is 2. The number of hydrogen-bond donors (Lipinski definition) is 0. The van der Waals surface area contributed by atoms with Gasteiger partial charge in [0.05, 0.1) is 25.6 Å². The normalized spacial score (nSPS) is 15.9. The minimum absolute atomic E-state index is 0.207. The Kier molecular flexibility index (Phi) is 14.0. The van der Waals surface area contributed by atoms with Crippen molar-refractivity contribution >= 4 is 11.9 Å². The molecule has 0 bridgehead atoms. The Labute approximate surface area is 196 Å². The van der Waals surface area contributed by atoms with Gasteiger partial charge in [0.25, 0.3) is 0 Å². The predicted molar refractivity (Wildman–Crippen MR) is 131 cm³/mol. The van der Waals surface area contributed by atoms with Gasteiger partial charge in [-0.15, -0.1) is 0 Å². The molecule has 0 saturated heterocycles. The van der Waals surface area contributed by atoms with Crippen LogP contribution in [0, 0.1) is 23.7 Å². The maximum Gasteiger partial charge on any atom is 0.308 e. The minimum atomic E-state index is -0.325. The summed E-state index contributed by atoms with van der Waals surface area (Å²) in [5.74, 6) is 0.632. The number of rotatable bonds is 16. The zero-order valence-corrected chi connectivity index (χ0v) is 21.3. The van der Waals surface area contributed by atoms with Crippen LogP contribution in [-0.4, -0.2) is 25.7 Å². The molecule has 182 valence electrons. The molecule has 0 amide bonds. The van der Waals surface area contributed by atoms with Crippen LogP contribution in [0.5, 0.6) is 0 Å². The second-order valence-corrected chi connectivity index (χ2v) is 9.44. The van der Waals surface area contributed by atoms with E-state index in [1.54, 1.807) is 0 Å². The van der Waals surface area contributed by atoms with Gasteiger partial charge in [-0.05, 0) is 61.8 Å². The van der Waals surface area contributed by atoms with Crippen molar-refractivity contribution in [1.29, 1.82) is 0 Å². The molecule has 0 radical (unpaired) electrons. The van der Waals surface area contributed by atoms with Crippen LogP contribution in [-0.2, 0) is 19.1 Å². The summed E-state index contributed by atoms with van der Waals surface area (Å²) in [5, 5.41) is 0. The van der Waals surface area contributed by atoms with Gasteiger partial charge in [0, 0.05) is 0 Å². The van der Waals surface area contributed by atoms with Gasteiger partial charge in [0.15, 0.2) is 0 Å². The van der Waals surface area contributed by atoms with Crippen LogP contribution >= 0.6 is 0 Å². The summed E-state index contributed by atoms with van der Waals surface area (Å²) in [6, 6.07) is 10.3. The summed E-state index contributed by atoms with van der Waals surface area (Å²) in [6.07, 6.45) is 7.72. The lowest BCUT2D eigenvalue weighted by atomic mass is 9.83. The molecule has 0 aliphatic carbocycles. The molecular formula is C28H46O4. The first-order valence-corrected chi connectivity index (χ1v) is 12.6. The molecule has 0 fully saturated rings. The molecule has 0 aliphatic heterocycles. The molecule has 0 N–H and O–H groups in total. The second-order valence-electron chi connectivity index (χ2n) is 9.44. The Hall–Kier alpha value is -1.84. The van der Waals surface area contributed by atoms with Gasteiger partial charge in [-0.25, -0.2) is 0 Å². The molecule has 32 heavy (non-hydrogen) atoms. The predicted octanol–water partition coefficient (Wildman–Crippen LogP) is 7.17. The van der Waals surface area contributed by atoms with Crippen LogP contribution in [0.1, 0.15) is 97.5 Å². The zero-order chi connectivity index (χ0) is 23.9. The SMILES string of the molecule is CCC(C)CC(CC)CCCOC(=O)[C@H](C)CC(CC(CC)c1ccccc1)C(=O)OC. The van der Waals surface area contributed by atoms with Gasteiger partial charge in [0.2, 0.25) is 0 Å². The topological polar surface area (TPSA) is 52.6 Å². The van der Waals surface area contributed by atoms with E-state index < -0.39 is 0 Å². The summed E-state index contributed by atoms with van der Waals surface area (Å²) in [6.45, 7) is 11.2. The lowest BCUT2D eigenvalue weighted by Crippen LogP contribution is -2.25. The second kappa shape index (κ2) is 15.9. The van der Waals surface area contributed by atoms with Gasteiger partial charge in [-0.2, -0.15) is 0 Å². The van der Waals surface area contributed by atoms with Gasteiger partial charge in [-0.1, -0.05) is 77.8 Å². The van der Waals surface area contributed by atoms with Crippen molar-refractivity contribution in [1.82, 2.24) is 0 Å². The molecule has 0 aromatic heterocycles. The zero-order valence-electron chi connectivity index (χ0n) is 21.3. The third-order valence-corrected chi connectivity index (χ3v) is 6.92. The standard InChI is InChI=1S/C28H46O4/c1-7-21(4)18-23(8-2)14-13-17-32-27(29)22(5)19-26(28(30)31-6)20-24(9-3)25-15-11-10-12-16-25/h10-12,15-16,21-24,26H,7-9,13-14,17-20H2,1-6H3/t21?,22-,23?,24?,26?/m1/s1. The van der Waals surface area contributed by atoms with Crippen LogP contribution in [0.3, 0.4) is 0 Å². The highest BCUT2D eigenvalue weighted by Crippen LogP contribution is 2.31. The van der Waals surface area contributed by atoms with Crippen molar-refractivity contribution in [2.45, 2.75) is 91.9 Å². The highest BCUT2D eigenvalue weighted by molar-refractivity contribution is 5.75. The summed E-state index contributed by atoms with van der Waals surface area (Å²) < 4.78 is 10.6. The Bertz CT molecular complexity index is 642. The lowest BCUT2D eigenvalue weighted by molar-refractivity contribution is -0.151. The van der Waals surface area contributed by atoms with Crippen molar-refractivity contribution in [3.63, 3.8) is 0 Å². The number of benzene rings is 1. The van der Waals surface area contributed by atoms with Gasteiger partial charge in [0.1, 0.15) is 0 Å². The molecule has 4 heteroatoms. The molecule has 1 rings (SSSR count). The smallest absolute Gasteiger partial charge is 0.308 e. The average Bonchev–Trinajstić information content (AvgIpc) is 2.82. The van der Waals surface area contributed by atoms with Crippen molar-refractivity contribution in [3.8, 4) is 0 Å². The first kappa shape index (κ1) is 28.2. The summed E-state index contributed by atoms with van der Waals surface area (Å²) in [4.78, 5) is 25.0. The van der Waals surface area contributed by atoms with Crippen LogP contribution in [0.4, 0.5) is 0 Å². The van der Waals surface area contributed by atoms with Crippen molar-refractivity contribution in [2.24, 2.45) is 23.7 Å². The molecule has 0 saturated carbocycles. The summed E-state index contributed by atoms with van der Waals surface area (Å²) in [5.41, 5.74) is 1.22. The van der Waals surface area contributed by atoms with Crippen molar-refractivity contribution in [2.75, 3.05) is 13.7 Å². The van der Waals surface area contributed by atoms with Crippen molar-refractivity contribution < 1.29 is 19.1 Å². The number of ether oxygens (including phenoxy) is 2. The molecule has 4 nitrogen and oxygen atoms in total. The van der Waals surface area contributed by atoms with Crippen LogP contribution in [0.25, 0.3) is 0 Å². The quantitative estimate of drug-likeness (QED) is 0.199. The minimum Gasteiger partial charge on any atom is -0.469 e. The Morgan fingerprint density at radius 1 is 0.875 bits per heavy atom. The van der Waals surface area contributed by atoms with E-state index >= 15 is 0 Å². The highest BCUT2D eigenvalue weighted by Gasteiger charge is 2.29. The van der Waals surface area contributed by atoms with E-state index in [9.17, 15) is 9.59 Å². The summed E-state index contributed by atoms with van der Waals surface area (Å²) in [7, 11) is 1.42. The van der Waals surface area contributed by atoms with E-state index in [-0.39, 0.29) is 29.7 Å². The fraction of sp³-hybridized carbons (Fsp3) is 0.714.